The van der Waals surface area contributed by atoms with Gasteiger partial charge in [-0.25, -0.2) is 9.59 Å². The third-order valence-electron chi connectivity index (χ3n) is 4.15. The summed E-state index contributed by atoms with van der Waals surface area (Å²) in [6.45, 7) is 4.24. The summed E-state index contributed by atoms with van der Waals surface area (Å²) in [4.78, 5) is 27.3. The fraction of sp³-hybridized carbons (Fsp3) is 0.857. The molecule has 2 fully saturated rings. The first kappa shape index (κ1) is 15.1. The van der Waals surface area contributed by atoms with Crippen LogP contribution in [-0.2, 0) is 9.53 Å². The van der Waals surface area contributed by atoms with Crippen LogP contribution in [0.3, 0.4) is 0 Å². The first-order chi connectivity index (χ1) is 9.63. The summed E-state index contributed by atoms with van der Waals surface area (Å²) in [5, 5.41) is 9.34. The zero-order chi connectivity index (χ0) is 14.5. The molecule has 2 unspecified atom stereocenters. The van der Waals surface area contributed by atoms with Gasteiger partial charge in [0.05, 0.1) is 12.7 Å². The molecule has 0 bridgehead atoms. The Balaban J connectivity index is 2.06. The fourth-order valence-corrected chi connectivity index (χ4v) is 2.92. The minimum absolute atomic E-state index is 0.0722. The van der Waals surface area contributed by atoms with Gasteiger partial charge in [0.2, 0.25) is 0 Å². The van der Waals surface area contributed by atoms with E-state index in [0.717, 1.165) is 25.7 Å². The van der Waals surface area contributed by atoms with Crippen LogP contribution in [0.2, 0.25) is 0 Å². The molecule has 2 aliphatic rings. The fourth-order valence-electron chi connectivity index (χ4n) is 2.92. The molecule has 2 saturated heterocycles. The number of aliphatic carboxylic acids is 1. The van der Waals surface area contributed by atoms with Gasteiger partial charge in [0.25, 0.3) is 0 Å². The number of carbonyl (C=O) groups excluding carboxylic acids is 1. The molecule has 0 radical (unpaired) electrons. The Bertz CT molecular complexity index is 361. The van der Waals surface area contributed by atoms with Crippen molar-refractivity contribution < 1.29 is 19.4 Å². The van der Waals surface area contributed by atoms with Gasteiger partial charge in [0.1, 0.15) is 6.04 Å². The number of ether oxygens (including phenoxy) is 1. The number of likely N-dealkylation sites (tertiary alicyclic amines) is 1. The largest absolute Gasteiger partial charge is 0.480 e. The van der Waals surface area contributed by atoms with E-state index < -0.39 is 12.0 Å². The van der Waals surface area contributed by atoms with Crippen LogP contribution in [0.4, 0.5) is 4.79 Å². The van der Waals surface area contributed by atoms with Crippen molar-refractivity contribution in [1.82, 2.24) is 9.80 Å². The number of hydrogen-bond acceptors (Lipinski definition) is 3. The number of carboxylic acids is 1. The van der Waals surface area contributed by atoms with Crippen LogP contribution in [0.5, 0.6) is 0 Å². The van der Waals surface area contributed by atoms with Crippen LogP contribution in [0.1, 0.15) is 39.0 Å². The van der Waals surface area contributed by atoms with Gasteiger partial charge in [-0.1, -0.05) is 19.8 Å². The minimum atomic E-state index is -0.888. The maximum atomic E-state index is 12.6. The lowest BCUT2D eigenvalue weighted by Gasteiger charge is -2.37. The zero-order valence-corrected chi connectivity index (χ0v) is 12.1. The predicted octanol–water partition coefficient (Wildman–Crippen LogP) is 1.55. The van der Waals surface area contributed by atoms with E-state index in [4.69, 9.17) is 4.74 Å². The number of amides is 2. The highest BCUT2D eigenvalue weighted by atomic mass is 16.5. The molecule has 20 heavy (non-hydrogen) atoms. The maximum Gasteiger partial charge on any atom is 0.326 e. The Kier molecular flexibility index (Phi) is 5.23. The molecule has 0 saturated carbocycles. The topological polar surface area (TPSA) is 70.1 Å². The van der Waals surface area contributed by atoms with E-state index in [1.165, 1.54) is 0 Å². The molecular formula is C14H24N2O4. The van der Waals surface area contributed by atoms with Crippen LogP contribution >= 0.6 is 0 Å². The Hall–Kier alpha value is -1.30. The lowest BCUT2D eigenvalue weighted by Crippen LogP contribution is -2.55. The standard InChI is InChI=1S/C14H24N2O4/c1-2-11-10-15(8-9-20-11)14(19)16-7-5-3-4-6-12(16)13(17)18/h11-12H,2-10H2,1H3,(H,17,18). The second-order valence-electron chi connectivity index (χ2n) is 5.53. The lowest BCUT2D eigenvalue weighted by molar-refractivity contribution is -0.142. The highest BCUT2D eigenvalue weighted by molar-refractivity contribution is 5.82. The quantitative estimate of drug-likeness (QED) is 0.835. The molecule has 6 nitrogen and oxygen atoms in total. The third kappa shape index (κ3) is 3.42. The molecule has 2 amide bonds. The van der Waals surface area contributed by atoms with E-state index in [0.29, 0.717) is 32.7 Å². The van der Waals surface area contributed by atoms with Crippen molar-refractivity contribution in [1.29, 1.82) is 0 Å². The molecule has 2 rings (SSSR count). The predicted molar refractivity (Wildman–Crippen MR) is 73.6 cm³/mol. The molecule has 2 heterocycles. The Morgan fingerprint density at radius 1 is 1.25 bits per heavy atom. The van der Waals surface area contributed by atoms with Crippen molar-refractivity contribution in [3.8, 4) is 0 Å². The van der Waals surface area contributed by atoms with Crippen LogP contribution in [-0.4, -0.2) is 65.3 Å². The average Bonchev–Trinajstić information content (AvgIpc) is 2.72. The molecule has 2 atom stereocenters. The second kappa shape index (κ2) is 6.92. The highest BCUT2D eigenvalue weighted by Crippen LogP contribution is 2.20. The van der Waals surface area contributed by atoms with E-state index in [1.54, 1.807) is 9.80 Å². The SMILES string of the molecule is CCC1CN(C(=O)N2CCCCCC2C(=O)O)CCO1. The van der Waals surface area contributed by atoms with Crippen LogP contribution < -0.4 is 0 Å². The summed E-state index contributed by atoms with van der Waals surface area (Å²) in [6, 6.07) is -0.811. The van der Waals surface area contributed by atoms with Crippen molar-refractivity contribution >= 4 is 12.0 Å². The number of urea groups is 1. The number of carbonyl (C=O) groups is 2. The van der Waals surface area contributed by atoms with E-state index in [1.807, 2.05) is 6.92 Å². The maximum absolute atomic E-state index is 12.6. The first-order valence-electron chi connectivity index (χ1n) is 7.53. The molecule has 6 heteroatoms. The first-order valence-corrected chi connectivity index (χ1v) is 7.53. The average molecular weight is 284 g/mol. The number of morpholine rings is 1. The van der Waals surface area contributed by atoms with Gasteiger partial charge in [-0.05, 0) is 19.3 Å². The van der Waals surface area contributed by atoms with Crippen molar-refractivity contribution in [2.24, 2.45) is 0 Å². The third-order valence-corrected chi connectivity index (χ3v) is 4.15. The number of rotatable bonds is 2. The van der Waals surface area contributed by atoms with Crippen molar-refractivity contribution in [2.75, 3.05) is 26.2 Å². The van der Waals surface area contributed by atoms with Crippen LogP contribution in [0.15, 0.2) is 0 Å². The van der Waals surface area contributed by atoms with Gasteiger partial charge in [-0.2, -0.15) is 0 Å². The molecule has 2 aliphatic heterocycles. The Labute approximate surface area is 119 Å². The molecule has 0 aromatic carbocycles. The molecule has 0 aliphatic carbocycles. The summed E-state index contributed by atoms with van der Waals surface area (Å²) in [6.07, 6.45) is 4.25. The van der Waals surface area contributed by atoms with Gasteiger partial charge in [-0.3, -0.25) is 0 Å². The number of nitrogens with zero attached hydrogens (tertiary/aromatic N) is 2. The van der Waals surface area contributed by atoms with Crippen molar-refractivity contribution in [3.05, 3.63) is 0 Å². The van der Waals surface area contributed by atoms with Crippen molar-refractivity contribution in [2.45, 2.75) is 51.2 Å². The minimum Gasteiger partial charge on any atom is -0.480 e. The second-order valence-corrected chi connectivity index (χ2v) is 5.53. The van der Waals surface area contributed by atoms with E-state index >= 15 is 0 Å². The molecule has 0 spiro atoms. The van der Waals surface area contributed by atoms with Crippen LogP contribution in [0, 0.1) is 0 Å². The van der Waals surface area contributed by atoms with E-state index in [9.17, 15) is 14.7 Å². The molecule has 0 aromatic rings. The Morgan fingerprint density at radius 2 is 2.05 bits per heavy atom. The summed E-state index contributed by atoms with van der Waals surface area (Å²) < 4.78 is 5.57. The normalized spacial score (nSPS) is 28.1. The van der Waals surface area contributed by atoms with Gasteiger partial charge in [0.15, 0.2) is 0 Å². The summed E-state index contributed by atoms with van der Waals surface area (Å²) in [7, 11) is 0. The van der Waals surface area contributed by atoms with Crippen LogP contribution in [0.25, 0.3) is 0 Å². The summed E-state index contributed by atoms with van der Waals surface area (Å²) in [5.74, 6) is -0.888. The molecule has 0 aromatic heterocycles. The number of carboxylic acid groups (broad SMARTS) is 1. The monoisotopic (exact) mass is 284 g/mol. The van der Waals surface area contributed by atoms with Gasteiger partial charge in [-0.15, -0.1) is 0 Å². The number of hydrogen-bond donors (Lipinski definition) is 1. The smallest absolute Gasteiger partial charge is 0.326 e. The van der Waals surface area contributed by atoms with Crippen molar-refractivity contribution in [3.63, 3.8) is 0 Å². The summed E-state index contributed by atoms with van der Waals surface area (Å²) >= 11 is 0. The molecule has 1 N–H and O–H groups in total. The highest BCUT2D eigenvalue weighted by Gasteiger charge is 2.34. The van der Waals surface area contributed by atoms with E-state index in [-0.39, 0.29) is 12.1 Å². The zero-order valence-electron chi connectivity index (χ0n) is 12.1. The Morgan fingerprint density at radius 3 is 2.75 bits per heavy atom. The summed E-state index contributed by atoms with van der Waals surface area (Å²) in [5.41, 5.74) is 0. The van der Waals surface area contributed by atoms with Gasteiger partial charge < -0.3 is 19.6 Å². The van der Waals surface area contributed by atoms with Gasteiger partial charge in [0, 0.05) is 19.6 Å². The van der Waals surface area contributed by atoms with E-state index in [2.05, 4.69) is 0 Å². The molecular weight excluding hydrogens is 260 g/mol. The lowest BCUT2D eigenvalue weighted by atomic mass is 10.1. The molecule has 114 valence electrons. The van der Waals surface area contributed by atoms with Gasteiger partial charge >= 0.3 is 12.0 Å².